The Labute approximate surface area is 121 Å². The van der Waals surface area contributed by atoms with Crippen LogP contribution in [0.3, 0.4) is 0 Å². The molecule has 2 amide bonds. The maximum absolute atomic E-state index is 12.4. The third-order valence-electron chi connectivity index (χ3n) is 3.46. The normalized spacial score (nSPS) is 13.8. The van der Waals surface area contributed by atoms with Gasteiger partial charge in [0, 0.05) is 17.3 Å². The summed E-state index contributed by atoms with van der Waals surface area (Å²) in [5.74, 6) is -0.582. The van der Waals surface area contributed by atoms with Crippen LogP contribution in [0.15, 0.2) is 42.6 Å². The smallest absolute Gasteiger partial charge is 0.261 e. The van der Waals surface area contributed by atoms with Gasteiger partial charge in [-0.1, -0.05) is 24.3 Å². The second kappa shape index (κ2) is 5.17. The molecule has 3 rings (SSSR count). The zero-order valence-electron chi connectivity index (χ0n) is 11.1. The van der Waals surface area contributed by atoms with Crippen molar-refractivity contribution in [1.29, 1.82) is 5.26 Å². The second-order valence-corrected chi connectivity index (χ2v) is 4.74. The third-order valence-corrected chi connectivity index (χ3v) is 3.46. The average molecular weight is 277 g/mol. The van der Waals surface area contributed by atoms with Gasteiger partial charge >= 0.3 is 0 Å². The Morgan fingerprint density at radius 1 is 1.19 bits per heavy atom. The molecule has 0 N–H and O–H groups in total. The molecular formula is C16H11N3O2. The summed E-state index contributed by atoms with van der Waals surface area (Å²) >= 11 is 0. The van der Waals surface area contributed by atoms with Crippen molar-refractivity contribution in [3.05, 3.63) is 65.0 Å². The number of hydrogen-bond donors (Lipinski definition) is 0. The molecule has 0 spiro atoms. The predicted octanol–water partition coefficient (Wildman–Crippen LogP) is 1.68. The number of benzene rings is 1. The summed E-state index contributed by atoms with van der Waals surface area (Å²) in [6.07, 6.45) is 1.71. The molecule has 0 radical (unpaired) electrons. The van der Waals surface area contributed by atoms with E-state index in [1.807, 2.05) is 12.1 Å². The molecule has 5 heteroatoms. The number of aromatic nitrogens is 1. The molecular weight excluding hydrogens is 266 g/mol. The van der Waals surface area contributed by atoms with Crippen LogP contribution in [-0.4, -0.2) is 21.7 Å². The molecule has 1 aromatic heterocycles. The van der Waals surface area contributed by atoms with Crippen LogP contribution in [0.4, 0.5) is 0 Å². The Balaban J connectivity index is 1.95. The van der Waals surface area contributed by atoms with Crippen molar-refractivity contribution >= 4 is 11.8 Å². The van der Waals surface area contributed by atoms with Gasteiger partial charge in [-0.2, -0.15) is 5.26 Å². The van der Waals surface area contributed by atoms with E-state index >= 15 is 0 Å². The molecule has 0 bridgehead atoms. The Morgan fingerprint density at radius 3 is 2.81 bits per heavy atom. The number of carbonyl (C=O) groups excluding carboxylic acids is 2. The van der Waals surface area contributed by atoms with E-state index in [1.54, 1.807) is 30.3 Å². The zero-order chi connectivity index (χ0) is 14.8. The predicted molar refractivity (Wildman–Crippen MR) is 74.0 cm³/mol. The molecule has 21 heavy (non-hydrogen) atoms. The van der Waals surface area contributed by atoms with Gasteiger partial charge in [0.05, 0.1) is 13.0 Å². The molecule has 2 heterocycles. The van der Waals surface area contributed by atoms with Gasteiger partial charge in [-0.15, -0.1) is 0 Å². The largest absolute Gasteiger partial charge is 0.274 e. The quantitative estimate of drug-likeness (QED) is 0.783. The first-order valence-electron chi connectivity index (χ1n) is 6.47. The van der Waals surface area contributed by atoms with Crippen molar-refractivity contribution in [3.63, 3.8) is 0 Å². The van der Waals surface area contributed by atoms with E-state index < -0.39 is 0 Å². The summed E-state index contributed by atoms with van der Waals surface area (Å²) in [6, 6.07) is 12.4. The van der Waals surface area contributed by atoms with E-state index in [9.17, 15) is 9.59 Å². The fourth-order valence-electron chi connectivity index (χ4n) is 2.40. The van der Waals surface area contributed by atoms with E-state index in [0.717, 1.165) is 5.56 Å². The van der Waals surface area contributed by atoms with Gasteiger partial charge in [0.1, 0.15) is 11.8 Å². The minimum atomic E-state index is -0.324. The molecule has 0 fully saturated rings. The Bertz CT molecular complexity index is 777. The van der Waals surface area contributed by atoms with Crippen LogP contribution in [0.5, 0.6) is 0 Å². The van der Waals surface area contributed by atoms with Gasteiger partial charge < -0.3 is 0 Å². The summed E-state index contributed by atoms with van der Waals surface area (Å²) in [6.45, 7) is 0.0722. The van der Waals surface area contributed by atoms with Gasteiger partial charge in [-0.3, -0.25) is 14.5 Å². The number of rotatable bonds is 2. The first-order chi connectivity index (χ1) is 10.2. The Morgan fingerprint density at radius 2 is 2.00 bits per heavy atom. The molecule has 0 unspecified atom stereocenters. The number of nitriles is 1. The number of amides is 2. The van der Waals surface area contributed by atoms with Gasteiger partial charge in [0.25, 0.3) is 5.91 Å². The second-order valence-electron chi connectivity index (χ2n) is 4.74. The summed E-state index contributed by atoms with van der Waals surface area (Å²) < 4.78 is 0. The van der Waals surface area contributed by atoms with E-state index in [-0.39, 0.29) is 30.5 Å². The SMILES string of the molecule is N#Cc1ncccc1CN1C(=O)Cc2ccccc2C1=O. The summed E-state index contributed by atoms with van der Waals surface area (Å²) in [7, 11) is 0. The molecule has 102 valence electrons. The number of nitrogens with zero attached hydrogens (tertiary/aromatic N) is 3. The zero-order valence-corrected chi connectivity index (χ0v) is 11.1. The fraction of sp³-hybridized carbons (Fsp3) is 0.125. The van der Waals surface area contributed by atoms with Gasteiger partial charge in [0.15, 0.2) is 0 Å². The van der Waals surface area contributed by atoms with Crippen LogP contribution in [0, 0.1) is 11.3 Å². The monoisotopic (exact) mass is 277 g/mol. The number of pyridine rings is 1. The highest BCUT2D eigenvalue weighted by molar-refractivity contribution is 6.09. The third kappa shape index (κ3) is 2.28. The lowest BCUT2D eigenvalue weighted by molar-refractivity contribution is -0.128. The van der Waals surface area contributed by atoms with Crippen molar-refractivity contribution in [3.8, 4) is 6.07 Å². The number of carbonyl (C=O) groups is 2. The van der Waals surface area contributed by atoms with E-state index in [2.05, 4.69) is 4.98 Å². The molecule has 0 atom stereocenters. The van der Waals surface area contributed by atoms with Gasteiger partial charge in [-0.05, 0) is 17.7 Å². The maximum atomic E-state index is 12.4. The molecule has 1 aliphatic rings. The summed E-state index contributed by atoms with van der Waals surface area (Å²) in [4.78, 5) is 29.7. The lowest BCUT2D eigenvalue weighted by Gasteiger charge is -2.26. The molecule has 1 aliphatic heterocycles. The van der Waals surface area contributed by atoms with Gasteiger partial charge in [0.2, 0.25) is 5.91 Å². The van der Waals surface area contributed by atoms with Crippen molar-refractivity contribution in [2.45, 2.75) is 13.0 Å². The van der Waals surface area contributed by atoms with E-state index in [4.69, 9.17) is 5.26 Å². The van der Waals surface area contributed by atoms with Crippen molar-refractivity contribution < 1.29 is 9.59 Å². The minimum Gasteiger partial charge on any atom is -0.274 e. The highest BCUT2D eigenvalue weighted by Crippen LogP contribution is 2.21. The van der Waals surface area contributed by atoms with Crippen molar-refractivity contribution in [2.75, 3.05) is 0 Å². The molecule has 1 aromatic carbocycles. The van der Waals surface area contributed by atoms with Gasteiger partial charge in [-0.25, -0.2) is 4.98 Å². The van der Waals surface area contributed by atoms with Crippen LogP contribution in [0.25, 0.3) is 0 Å². The molecule has 0 saturated heterocycles. The van der Waals surface area contributed by atoms with Crippen LogP contribution in [-0.2, 0) is 17.8 Å². The van der Waals surface area contributed by atoms with Crippen LogP contribution >= 0.6 is 0 Å². The van der Waals surface area contributed by atoms with Crippen molar-refractivity contribution in [1.82, 2.24) is 9.88 Å². The van der Waals surface area contributed by atoms with Crippen LogP contribution in [0.1, 0.15) is 27.2 Å². The van der Waals surface area contributed by atoms with Crippen LogP contribution < -0.4 is 0 Å². The number of hydrogen-bond acceptors (Lipinski definition) is 4. The topological polar surface area (TPSA) is 74.1 Å². The first-order valence-corrected chi connectivity index (χ1v) is 6.47. The highest BCUT2D eigenvalue weighted by atomic mass is 16.2. The average Bonchev–Trinajstić information content (AvgIpc) is 2.52. The highest BCUT2D eigenvalue weighted by Gasteiger charge is 2.31. The maximum Gasteiger partial charge on any atom is 0.261 e. The molecule has 0 saturated carbocycles. The number of fused-ring (bicyclic) bond motifs is 1. The fourth-order valence-corrected chi connectivity index (χ4v) is 2.40. The molecule has 2 aromatic rings. The standard InChI is InChI=1S/C16H11N3O2/c17-9-14-12(5-3-7-18-14)10-19-15(20)8-11-4-1-2-6-13(11)16(19)21/h1-7H,8,10H2. The lowest BCUT2D eigenvalue weighted by Crippen LogP contribution is -2.41. The molecule has 0 aliphatic carbocycles. The Hall–Kier alpha value is -3.00. The van der Waals surface area contributed by atoms with Crippen LogP contribution in [0.2, 0.25) is 0 Å². The minimum absolute atomic E-state index is 0.0722. The van der Waals surface area contributed by atoms with E-state index in [1.165, 1.54) is 11.1 Å². The first kappa shape index (κ1) is 13.0. The number of imide groups is 1. The summed E-state index contributed by atoms with van der Waals surface area (Å²) in [5.41, 5.74) is 2.09. The Kier molecular flexibility index (Phi) is 3.20. The lowest BCUT2D eigenvalue weighted by atomic mass is 9.98. The van der Waals surface area contributed by atoms with Crippen molar-refractivity contribution in [2.24, 2.45) is 0 Å². The summed E-state index contributed by atoms with van der Waals surface area (Å²) in [5, 5.41) is 9.04. The van der Waals surface area contributed by atoms with E-state index in [0.29, 0.717) is 11.1 Å². The molecule has 5 nitrogen and oxygen atoms in total.